The van der Waals surface area contributed by atoms with Gasteiger partial charge in [0, 0.05) is 6.04 Å². The summed E-state index contributed by atoms with van der Waals surface area (Å²) in [6.07, 6.45) is 5.37. The second-order valence-electron chi connectivity index (χ2n) is 5.47. The molecule has 0 aromatic rings. The number of hydrogen-bond acceptors (Lipinski definition) is 3. The van der Waals surface area contributed by atoms with Gasteiger partial charge in [-0.05, 0) is 32.9 Å². The summed E-state index contributed by atoms with van der Waals surface area (Å²) in [5.41, 5.74) is 0.0263. The normalized spacial score (nSPS) is 28.0. The number of aliphatic hydroxyl groups is 1. The highest BCUT2D eigenvalue weighted by atomic mass is 16.5. The Balaban J connectivity index is 2.10. The minimum atomic E-state index is 0.0263. The maximum absolute atomic E-state index is 9.61. The second kappa shape index (κ2) is 4.40. The number of aliphatic hydroxyl groups excluding tert-OH is 1. The van der Waals surface area contributed by atoms with E-state index in [4.69, 9.17) is 4.74 Å². The molecule has 2 aliphatic rings. The molecule has 0 bridgehead atoms. The van der Waals surface area contributed by atoms with Crippen molar-refractivity contribution in [2.45, 2.75) is 31.7 Å². The van der Waals surface area contributed by atoms with E-state index in [1.165, 1.54) is 25.7 Å². The van der Waals surface area contributed by atoms with Crippen molar-refractivity contribution in [3.05, 3.63) is 0 Å². The maximum atomic E-state index is 9.61. The van der Waals surface area contributed by atoms with E-state index in [-0.39, 0.29) is 12.0 Å². The molecule has 1 saturated heterocycles. The molecule has 2 fully saturated rings. The van der Waals surface area contributed by atoms with E-state index >= 15 is 0 Å². The van der Waals surface area contributed by atoms with E-state index in [9.17, 15) is 5.11 Å². The van der Waals surface area contributed by atoms with Crippen LogP contribution in [0.5, 0.6) is 0 Å². The Morgan fingerprint density at radius 2 is 1.93 bits per heavy atom. The molecule has 0 radical (unpaired) electrons. The minimum Gasteiger partial charge on any atom is -0.396 e. The molecule has 1 aliphatic carbocycles. The fraction of sp³-hybridized carbons (Fsp3) is 1.00. The van der Waals surface area contributed by atoms with Crippen LogP contribution in [-0.4, -0.2) is 50.0 Å². The lowest BCUT2D eigenvalue weighted by molar-refractivity contribution is -0.180. The lowest BCUT2D eigenvalue weighted by atomic mass is 9.72. The molecule has 15 heavy (non-hydrogen) atoms. The standard InChI is InChI=1S/C12H23NO2/c1-13(2)11(10-5-3-4-6-10)12(7-14)8-15-9-12/h10-11,14H,3-9H2,1-2H3. The summed E-state index contributed by atoms with van der Waals surface area (Å²) >= 11 is 0. The van der Waals surface area contributed by atoms with Crippen molar-refractivity contribution in [2.24, 2.45) is 11.3 Å². The van der Waals surface area contributed by atoms with Crippen LogP contribution in [0.1, 0.15) is 25.7 Å². The van der Waals surface area contributed by atoms with Crippen molar-refractivity contribution in [1.29, 1.82) is 0 Å². The third-order valence-electron chi connectivity index (χ3n) is 4.12. The van der Waals surface area contributed by atoms with Crippen LogP contribution >= 0.6 is 0 Å². The molecular weight excluding hydrogens is 190 g/mol. The van der Waals surface area contributed by atoms with Gasteiger partial charge in [-0.3, -0.25) is 0 Å². The van der Waals surface area contributed by atoms with Crippen molar-refractivity contribution in [3.8, 4) is 0 Å². The van der Waals surface area contributed by atoms with Gasteiger partial charge >= 0.3 is 0 Å². The molecule has 1 atom stereocenters. The van der Waals surface area contributed by atoms with Gasteiger partial charge in [0.25, 0.3) is 0 Å². The van der Waals surface area contributed by atoms with Crippen LogP contribution in [-0.2, 0) is 4.74 Å². The monoisotopic (exact) mass is 213 g/mol. The van der Waals surface area contributed by atoms with Gasteiger partial charge in [0.15, 0.2) is 0 Å². The summed E-state index contributed by atoms with van der Waals surface area (Å²) in [7, 11) is 4.28. The highest BCUT2D eigenvalue weighted by Crippen LogP contribution is 2.42. The third kappa shape index (κ3) is 1.93. The summed E-state index contributed by atoms with van der Waals surface area (Å²) in [6.45, 7) is 1.75. The lowest BCUT2D eigenvalue weighted by Crippen LogP contribution is -2.61. The van der Waals surface area contributed by atoms with E-state index in [0.717, 1.165) is 19.1 Å². The molecule has 1 saturated carbocycles. The number of hydrogen-bond donors (Lipinski definition) is 1. The average molecular weight is 213 g/mol. The molecule has 3 heteroatoms. The van der Waals surface area contributed by atoms with Crippen molar-refractivity contribution >= 4 is 0 Å². The predicted molar refractivity (Wildman–Crippen MR) is 59.8 cm³/mol. The Kier molecular flexibility index (Phi) is 3.33. The summed E-state index contributed by atoms with van der Waals surface area (Å²) in [4.78, 5) is 2.30. The minimum absolute atomic E-state index is 0.0263. The highest BCUT2D eigenvalue weighted by molar-refractivity contribution is 4.99. The first-order valence-corrected chi connectivity index (χ1v) is 6.05. The van der Waals surface area contributed by atoms with Gasteiger partial charge in [-0.25, -0.2) is 0 Å². The first kappa shape index (κ1) is 11.4. The van der Waals surface area contributed by atoms with Gasteiger partial charge in [-0.2, -0.15) is 0 Å². The molecule has 0 amide bonds. The third-order valence-corrected chi connectivity index (χ3v) is 4.12. The topological polar surface area (TPSA) is 32.7 Å². The average Bonchev–Trinajstić information content (AvgIpc) is 2.62. The van der Waals surface area contributed by atoms with Crippen LogP contribution in [0.4, 0.5) is 0 Å². The fourth-order valence-corrected chi connectivity index (χ4v) is 3.46. The largest absolute Gasteiger partial charge is 0.396 e. The van der Waals surface area contributed by atoms with Crippen LogP contribution in [0.3, 0.4) is 0 Å². The zero-order chi connectivity index (χ0) is 10.9. The Labute approximate surface area is 92.4 Å². The summed E-state index contributed by atoms with van der Waals surface area (Å²) in [6, 6.07) is 0.499. The summed E-state index contributed by atoms with van der Waals surface area (Å²) in [5.74, 6) is 0.760. The highest BCUT2D eigenvalue weighted by Gasteiger charge is 2.49. The molecule has 1 unspecified atom stereocenters. The first-order chi connectivity index (χ1) is 7.19. The number of rotatable bonds is 4. The zero-order valence-corrected chi connectivity index (χ0v) is 9.91. The Morgan fingerprint density at radius 3 is 2.27 bits per heavy atom. The quantitative estimate of drug-likeness (QED) is 0.759. The Hall–Kier alpha value is -0.120. The van der Waals surface area contributed by atoms with Gasteiger partial charge in [0.2, 0.25) is 0 Å². The van der Waals surface area contributed by atoms with Gasteiger partial charge in [-0.15, -0.1) is 0 Å². The Bertz CT molecular complexity index is 202. The molecular formula is C12H23NO2. The van der Waals surface area contributed by atoms with Crippen LogP contribution in [0, 0.1) is 11.3 Å². The zero-order valence-electron chi connectivity index (χ0n) is 9.91. The maximum Gasteiger partial charge on any atom is 0.0582 e. The van der Waals surface area contributed by atoms with E-state index in [1.807, 2.05) is 0 Å². The predicted octanol–water partition coefficient (Wildman–Crippen LogP) is 1.12. The SMILES string of the molecule is CN(C)C(C1CCCC1)C1(CO)COC1. The van der Waals surface area contributed by atoms with Gasteiger partial charge in [0.1, 0.15) is 0 Å². The lowest BCUT2D eigenvalue weighted by Gasteiger charge is -2.50. The van der Waals surface area contributed by atoms with Crippen molar-refractivity contribution in [3.63, 3.8) is 0 Å². The van der Waals surface area contributed by atoms with Crippen LogP contribution in [0.25, 0.3) is 0 Å². The van der Waals surface area contributed by atoms with Crippen LogP contribution in [0.15, 0.2) is 0 Å². The van der Waals surface area contributed by atoms with Gasteiger partial charge in [-0.1, -0.05) is 12.8 Å². The van der Waals surface area contributed by atoms with Crippen LogP contribution < -0.4 is 0 Å². The molecule has 3 nitrogen and oxygen atoms in total. The molecule has 88 valence electrons. The number of ether oxygens (including phenoxy) is 1. The molecule has 1 heterocycles. The first-order valence-electron chi connectivity index (χ1n) is 6.05. The van der Waals surface area contributed by atoms with E-state index in [2.05, 4.69) is 19.0 Å². The molecule has 0 aromatic carbocycles. The molecule has 2 rings (SSSR count). The summed E-state index contributed by atoms with van der Waals surface area (Å²) in [5, 5.41) is 9.61. The molecule has 0 aromatic heterocycles. The molecule has 1 N–H and O–H groups in total. The van der Waals surface area contributed by atoms with Crippen molar-refractivity contribution in [1.82, 2.24) is 4.90 Å². The van der Waals surface area contributed by atoms with E-state index in [0.29, 0.717) is 6.04 Å². The van der Waals surface area contributed by atoms with Crippen molar-refractivity contribution < 1.29 is 9.84 Å². The molecule has 0 spiro atoms. The van der Waals surface area contributed by atoms with Crippen molar-refractivity contribution in [2.75, 3.05) is 33.9 Å². The second-order valence-corrected chi connectivity index (χ2v) is 5.47. The summed E-state index contributed by atoms with van der Waals surface area (Å²) < 4.78 is 5.33. The number of nitrogens with zero attached hydrogens (tertiary/aromatic N) is 1. The van der Waals surface area contributed by atoms with Gasteiger partial charge < -0.3 is 14.7 Å². The van der Waals surface area contributed by atoms with E-state index < -0.39 is 0 Å². The van der Waals surface area contributed by atoms with Crippen LogP contribution in [0.2, 0.25) is 0 Å². The Morgan fingerprint density at radius 1 is 1.33 bits per heavy atom. The fourth-order valence-electron chi connectivity index (χ4n) is 3.46. The van der Waals surface area contributed by atoms with E-state index in [1.54, 1.807) is 0 Å². The van der Waals surface area contributed by atoms with Gasteiger partial charge in [0.05, 0.1) is 25.2 Å². The molecule has 1 aliphatic heterocycles. The smallest absolute Gasteiger partial charge is 0.0582 e.